The molecular formula is C13H21BrN2. The summed E-state index contributed by atoms with van der Waals surface area (Å²) in [5, 5.41) is 4.33. The van der Waals surface area contributed by atoms with Crippen molar-refractivity contribution in [2.24, 2.45) is 17.8 Å². The van der Waals surface area contributed by atoms with Crippen molar-refractivity contribution >= 4 is 15.9 Å². The fraction of sp³-hybridized carbons (Fsp3) is 0.769. The van der Waals surface area contributed by atoms with E-state index in [0.717, 1.165) is 28.8 Å². The van der Waals surface area contributed by atoms with Gasteiger partial charge in [-0.3, -0.25) is 4.68 Å². The van der Waals surface area contributed by atoms with Gasteiger partial charge >= 0.3 is 0 Å². The van der Waals surface area contributed by atoms with Crippen molar-refractivity contribution in [3.63, 3.8) is 0 Å². The molecule has 0 bridgehead atoms. The molecule has 2 nitrogen and oxygen atoms in total. The number of rotatable bonds is 3. The standard InChI is InChI=1S/C13H21BrN2/c1-10(2)12-5-3-11(4-6-12)8-16-9-13(14)7-15-16/h7,9-12H,3-6,8H2,1-2H3. The van der Waals surface area contributed by atoms with E-state index in [0.29, 0.717) is 0 Å². The van der Waals surface area contributed by atoms with Gasteiger partial charge in [-0.05, 0) is 59.4 Å². The Labute approximate surface area is 107 Å². The highest BCUT2D eigenvalue weighted by molar-refractivity contribution is 9.10. The summed E-state index contributed by atoms with van der Waals surface area (Å²) in [5.74, 6) is 2.65. The predicted octanol–water partition coefficient (Wildman–Crippen LogP) is 4.11. The normalized spacial score (nSPS) is 26.2. The lowest BCUT2D eigenvalue weighted by atomic mass is 9.77. The lowest BCUT2D eigenvalue weighted by Crippen LogP contribution is -2.21. The number of hydrogen-bond acceptors (Lipinski definition) is 1. The van der Waals surface area contributed by atoms with Crippen LogP contribution in [0.3, 0.4) is 0 Å². The van der Waals surface area contributed by atoms with Gasteiger partial charge in [0.2, 0.25) is 0 Å². The molecule has 0 unspecified atom stereocenters. The Morgan fingerprint density at radius 3 is 2.56 bits per heavy atom. The van der Waals surface area contributed by atoms with E-state index in [1.54, 1.807) is 0 Å². The van der Waals surface area contributed by atoms with Gasteiger partial charge in [-0.1, -0.05) is 13.8 Å². The van der Waals surface area contributed by atoms with E-state index >= 15 is 0 Å². The van der Waals surface area contributed by atoms with Gasteiger partial charge in [0.25, 0.3) is 0 Å². The van der Waals surface area contributed by atoms with E-state index < -0.39 is 0 Å². The summed E-state index contributed by atoms with van der Waals surface area (Å²) in [5.41, 5.74) is 0. The van der Waals surface area contributed by atoms with Gasteiger partial charge in [0, 0.05) is 12.7 Å². The average Bonchev–Trinajstić information content (AvgIpc) is 2.65. The number of aromatic nitrogens is 2. The summed E-state index contributed by atoms with van der Waals surface area (Å²) < 4.78 is 3.16. The lowest BCUT2D eigenvalue weighted by Gasteiger charge is -2.30. The molecule has 1 fully saturated rings. The van der Waals surface area contributed by atoms with Crippen LogP contribution in [0.4, 0.5) is 0 Å². The topological polar surface area (TPSA) is 17.8 Å². The maximum atomic E-state index is 4.33. The molecule has 1 saturated carbocycles. The van der Waals surface area contributed by atoms with Crippen LogP contribution in [0, 0.1) is 17.8 Å². The Kier molecular flexibility index (Phi) is 4.06. The molecule has 0 atom stereocenters. The molecule has 0 spiro atoms. The molecule has 1 aromatic rings. The zero-order valence-corrected chi connectivity index (χ0v) is 11.8. The molecule has 1 heterocycles. The lowest BCUT2D eigenvalue weighted by molar-refractivity contribution is 0.206. The first-order chi connectivity index (χ1) is 7.65. The van der Waals surface area contributed by atoms with Gasteiger partial charge in [-0.15, -0.1) is 0 Å². The van der Waals surface area contributed by atoms with Gasteiger partial charge < -0.3 is 0 Å². The third-order valence-corrected chi connectivity index (χ3v) is 4.29. The molecule has 0 amide bonds. The molecule has 0 N–H and O–H groups in total. The van der Waals surface area contributed by atoms with E-state index in [4.69, 9.17) is 0 Å². The summed E-state index contributed by atoms with van der Waals surface area (Å²) in [6, 6.07) is 0. The van der Waals surface area contributed by atoms with Crippen LogP contribution in [-0.2, 0) is 6.54 Å². The minimum absolute atomic E-state index is 0.835. The molecule has 0 aliphatic heterocycles. The van der Waals surface area contributed by atoms with E-state index in [1.165, 1.54) is 25.7 Å². The van der Waals surface area contributed by atoms with Crippen LogP contribution >= 0.6 is 15.9 Å². The van der Waals surface area contributed by atoms with Gasteiger partial charge in [0.15, 0.2) is 0 Å². The Morgan fingerprint density at radius 1 is 1.38 bits per heavy atom. The van der Waals surface area contributed by atoms with Crippen LogP contribution in [-0.4, -0.2) is 9.78 Å². The van der Waals surface area contributed by atoms with Gasteiger partial charge in [-0.2, -0.15) is 5.10 Å². The zero-order valence-electron chi connectivity index (χ0n) is 10.2. The minimum atomic E-state index is 0.835. The molecule has 0 aromatic carbocycles. The summed E-state index contributed by atoms with van der Waals surface area (Å²) in [4.78, 5) is 0. The van der Waals surface area contributed by atoms with Crippen molar-refractivity contribution in [1.29, 1.82) is 0 Å². The van der Waals surface area contributed by atoms with Crippen LogP contribution in [0.2, 0.25) is 0 Å². The molecule has 16 heavy (non-hydrogen) atoms. The van der Waals surface area contributed by atoms with Crippen molar-refractivity contribution in [3.8, 4) is 0 Å². The fourth-order valence-electron chi connectivity index (χ4n) is 2.74. The smallest absolute Gasteiger partial charge is 0.0632 e. The summed E-state index contributed by atoms with van der Waals surface area (Å²) >= 11 is 3.44. The zero-order chi connectivity index (χ0) is 11.5. The van der Waals surface area contributed by atoms with Crippen LogP contribution in [0.15, 0.2) is 16.9 Å². The predicted molar refractivity (Wildman–Crippen MR) is 70.2 cm³/mol. The van der Waals surface area contributed by atoms with Gasteiger partial charge in [-0.25, -0.2) is 0 Å². The van der Waals surface area contributed by atoms with Crippen molar-refractivity contribution in [2.75, 3.05) is 0 Å². The van der Waals surface area contributed by atoms with Crippen LogP contribution in [0.1, 0.15) is 39.5 Å². The minimum Gasteiger partial charge on any atom is -0.271 e. The highest BCUT2D eigenvalue weighted by Gasteiger charge is 2.23. The third kappa shape index (κ3) is 3.09. The van der Waals surface area contributed by atoms with Crippen LogP contribution < -0.4 is 0 Å². The molecule has 3 heteroatoms. The maximum absolute atomic E-state index is 4.33. The van der Waals surface area contributed by atoms with Crippen molar-refractivity contribution < 1.29 is 0 Å². The number of halogens is 1. The molecule has 1 aromatic heterocycles. The third-order valence-electron chi connectivity index (χ3n) is 3.88. The number of nitrogens with zero attached hydrogens (tertiary/aromatic N) is 2. The highest BCUT2D eigenvalue weighted by Crippen LogP contribution is 2.33. The second-order valence-electron chi connectivity index (χ2n) is 5.41. The number of hydrogen-bond donors (Lipinski definition) is 0. The van der Waals surface area contributed by atoms with E-state index in [2.05, 4.69) is 45.8 Å². The van der Waals surface area contributed by atoms with E-state index in [-0.39, 0.29) is 0 Å². The molecule has 1 aliphatic rings. The monoisotopic (exact) mass is 284 g/mol. The molecule has 0 radical (unpaired) electrons. The SMILES string of the molecule is CC(C)C1CCC(Cn2cc(Br)cn2)CC1. The van der Waals surface area contributed by atoms with Gasteiger partial charge in [0.1, 0.15) is 0 Å². The first-order valence-corrected chi connectivity index (χ1v) is 7.12. The molecule has 2 rings (SSSR count). The Morgan fingerprint density at radius 2 is 2.06 bits per heavy atom. The second-order valence-corrected chi connectivity index (χ2v) is 6.32. The van der Waals surface area contributed by atoms with Crippen LogP contribution in [0.5, 0.6) is 0 Å². The summed E-state index contributed by atoms with van der Waals surface area (Å²) in [6.45, 7) is 5.81. The summed E-state index contributed by atoms with van der Waals surface area (Å²) in [6.07, 6.45) is 9.52. The second kappa shape index (κ2) is 5.35. The molecule has 1 aliphatic carbocycles. The fourth-order valence-corrected chi connectivity index (χ4v) is 3.07. The van der Waals surface area contributed by atoms with E-state index in [1.807, 2.05) is 6.20 Å². The van der Waals surface area contributed by atoms with Gasteiger partial charge in [0.05, 0.1) is 10.7 Å². The first kappa shape index (κ1) is 12.2. The van der Waals surface area contributed by atoms with E-state index in [9.17, 15) is 0 Å². The van der Waals surface area contributed by atoms with Crippen LogP contribution in [0.25, 0.3) is 0 Å². The Hall–Kier alpha value is -0.310. The van der Waals surface area contributed by atoms with Crippen molar-refractivity contribution in [2.45, 2.75) is 46.1 Å². The molecule has 0 saturated heterocycles. The first-order valence-electron chi connectivity index (χ1n) is 6.33. The molecule has 90 valence electrons. The maximum Gasteiger partial charge on any atom is 0.0632 e. The molecular weight excluding hydrogens is 264 g/mol. The van der Waals surface area contributed by atoms with Crippen molar-refractivity contribution in [3.05, 3.63) is 16.9 Å². The Balaban J connectivity index is 1.81. The largest absolute Gasteiger partial charge is 0.271 e. The quantitative estimate of drug-likeness (QED) is 0.817. The Bertz CT molecular complexity index is 324. The van der Waals surface area contributed by atoms with Crippen molar-refractivity contribution in [1.82, 2.24) is 9.78 Å². The average molecular weight is 285 g/mol. The highest BCUT2D eigenvalue weighted by atomic mass is 79.9. The summed E-state index contributed by atoms with van der Waals surface area (Å²) in [7, 11) is 0.